The lowest BCUT2D eigenvalue weighted by Gasteiger charge is -2.12. The standard InChI is InChI=1S/C24H16F4N4O3/c25-18-17(19(26)21(28)22(33)20(18)27)24(35)31-10-9-30-23(34)13-11-16(15-7-3-4-8-29-15)32-14-6-2-1-5-12(13)14/h1-8,11,33H,9-10H2,(H,30,34)(H,31,35). The summed E-state index contributed by atoms with van der Waals surface area (Å²) in [5.74, 6) is -12.1. The summed E-state index contributed by atoms with van der Waals surface area (Å²) in [5, 5.41) is 14.2. The Balaban J connectivity index is 1.48. The van der Waals surface area contributed by atoms with E-state index in [1.165, 1.54) is 0 Å². The number of aromatic nitrogens is 2. The monoisotopic (exact) mass is 484 g/mol. The highest BCUT2D eigenvalue weighted by Crippen LogP contribution is 2.28. The van der Waals surface area contributed by atoms with Crippen molar-refractivity contribution in [2.75, 3.05) is 13.1 Å². The van der Waals surface area contributed by atoms with E-state index in [0.717, 1.165) is 0 Å². The van der Waals surface area contributed by atoms with Gasteiger partial charge in [0.2, 0.25) is 11.6 Å². The lowest BCUT2D eigenvalue weighted by Crippen LogP contribution is -2.35. The number of aromatic hydroxyl groups is 1. The summed E-state index contributed by atoms with van der Waals surface area (Å²) in [6.45, 7) is -0.490. The van der Waals surface area contributed by atoms with E-state index in [4.69, 9.17) is 5.11 Å². The molecule has 3 N–H and O–H groups in total. The summed E-state index contributed by atoms with van der Waals surface area (Å²) in [7, 11) is 0. The minimum absolute atomic E-state index is 0.174. The molecule has 0 atom stereocenters. The third-order valence-corrected chi connectivity index (χ3v) is 5.05. The summed E-state index contributed by atoms with van der Waals surface area (Å²) in [5.41, 5.74) is 0.324. The molecule has 0 spiro atoms. The molecular formula is C24H16F4N4O3. The highest BCUT2D eigenvalue weighted by atomic mass is 19.2. The zero-order chi connectivity index (χ0) is 25.1. The fraction of sp³-hybridized carbons (Fsp3) is 0.0833. The highest BCUT2D eigenvalue weighted by Gasteiger charge is 2.29. The van der Waals surface area contributed by atoms with E-state index in [1.54, 1.807) is 54.7 Å². The number of phenolic OH excluding ortho intramolecular Hbond substituents is 1. The largest absolute Gasteiger partial charge is 0.503 e. The van der Waals surface area contributed by atoms with Crippen LogP contribution in [0, 0.1) is 23.3 Å². The number of phenols is 1. The maximum atomic E-state index is 13.9. The van der Waals surface area contributed by atoms with E-state index in [0.29, 0.717) is 22.3 Å². The molecular weight excluding hydrogens is 468 g/mol. The van der Waals surface area contributed by atoms with Gasteiger partial charge in [0.25, 0.3) is 11.8 Å². The van der Waals surface area contributed by atoms with Crippen LogP contribution in [0.1, 0.15) is 20.7 Å². The molecule has 178 valence electrons. The van der Waals surface area contributed by atoms with Crippen LogP contribution in [0.4, 0.5) is 17.6 Å². The van der Waals surface area contributed by atoms with E-state index >= 15 is 0 Å². The van der Waals surface area contributed by atoms with Gasteiger partial charge in [0.1, 0.15) is 5.56 Å². The zero-order valence-corrected chi connectivity index (χ0v) is 17.8. The van der Waals surface area contributed by atoms with Crippen molar-refractivity contribution in [1.29, 1.82) is 0 Å². The molecule has 35 heavy (non-hydrogen) atoms. The Morgan fingerprint density at radius 2 is 1.43 bits per heavy atom. The number of benzene rings is 2. The first-order chi connectivity index (χ1) is 16.8. The average molecular weight is 484 g/mol. The van der Waals surface area contributed by atoms with Gasteiger partial charge in [-0.05, 0) is 24.3 Å². The number of halogens is 4. The van der Waals surface area contributed by atoms with E-state index in [-0.39, 0.29) is 18.7 Å². The maximum Gasteiger partial charge on any atom is 0.257 e. The van der Waals surface area contributed by atoms with Crippen LogP contribution in [-0.4, -0.2) is 40.0 Å². The number of pyridine rings is 2. The Kier molecular flexibility index (Phi) is 6.58. The van der Waals surface area contributed by atoms with Crippen molar-refractivity contribution in [2.45, 2.75) is 0 Å². The van der Waals surface area contributed by atoms with Crippen LogP contribution in [0.15, 0.2) is 54.7 Å². The quantitative estimate of drug-likeness (QED) is 0.220. The minimum Gasteiger partial charge on any atom is -0.503 e. The molecule has 2 aromatic heterocycles. The van der Waals surface area contributed by atoms with Crippen LogP contribution >= 0.6 is 0 Å². The number of fused-ring (bicyclic) bond motifs is 1. The van der Waals surface area contributed by atoms with Gasteiger partial charge < -0.3 is 15.7 Å². The predicted octanol–water partition coefficient (Wildman–Crippen LogP) is 3.72. The molecule has 0 bridgehead atoms. The molecule has 4 rings (SSSR count). The van der Waals surface area contributed by atoms with Gasteiger partial charge in [-0.1, -0.05) is 24.3 Å². The third kappa shape index (κ3) is 4.60. The number of hydrogen-bond acceptors (Lipinski definition) is 5. The lowest BCUT2D eigenvalue weighted by atomic mass is 10.1. The van der Waals surface area contributed by atoms with Crippen LogP contribution in [0.25, 0.3) is 22.3 Å². The van der Waals surface area contributed by atoms with Gasteiger partial charge in [-0.3, -0.25) is 14.6 Å². The molecule has 0 saturated heterocycles. The van der Waals surface area contributed by atoms with Gasteiger partial charge in [0, 0.05) is 24.7 Å². The summed E-state index contributed by atoms with van der Waals surface area (Å²) in [6.07, 6.45) is 1.59. The average Bonchev–Trinajstić information content (AvgIpc) is 2.88. The van der Waals surface area contributed by atoms with Gasteiger partial charge in [0.15, 0.2) is 17.4 Å². The van der Waals surface area contributed by atoms with Crippen LogP contribution in [-0.2, 0) is 0 Å². The molecule has 11 heteroatoms. The second-order valence-corrected chi connectivity index (χ2v) is 7.28. The van der Waals surface area contributed by atoms with Crippen LogP contribution in [0.3, 0.4) is 0 Å². The number of nitrogens with one attached hydrogen (secondary N) is 2. The second-order valence-electron chi connectivity index (χ2n) is 7.28. The molecule has 2 heterocycles. The van der Waals surface area contributed by atoms with E-state index in [9.17, 15) is 27.2 Å². The number of nitrogens with zero attached hydrogens (tertiary/aromatic N) is 2. The fourth-order valence-corrected chi connectivity index (χ4v) is 3.36. The topological polar surface area (TPSA) is 104 Å². The normalized spacial score (nSPS) is 10.9. The molecule has 0 fully saturated rings. The molecule has 0 radical (unpaired) electrons. The van der Waals surface area contributed by atoms with Crippen LogP contribution in [0.2, 0.25) is 0 Å². The molecule has 0 aliphatic heterocycles. The molecule has 0 aliphatic rings. The van der Waals surface area contributed by atoms with E-state index < -0.39 is 46.4 Å². The smallest absolute Gasteiger partial charge is 0.257 e. The van der Waals surface area contributed by atoms with Crippen molar-refractivity contribution in [1.82, 2.24) is 20.6 Å². The molecule has 2 aromatic carbocycles. The van der Waals surface area contributed by atoms with Crippen LogP contribution in [0.5, 0.6) is 5.75 Å². The van der Waals surface area contributed by atoms with Gasteiger partial charge in [-0.2, -0.15) is 8.78 Å². The summed E-state index contributed by atoms with van der Waals surface area (Å²) < 4.78 is 54.7. The number of hydrogen-bond donors (Lipinski definition) is 3. The minimum atomic E-state index is -2.09. The van der Waals surface area contributed by atoms with Gasteiger partial charge in [-0.25, -0.2) is 13.8 Å². The van der Waals surface area contributed by atoms with Crippen molar-refractivity contribution >= 4 is 22.7 Å². The number of rotatable bonds is 6. The van der Waals surface area contributed by atoms with Crippen LogP contribution < -0.4 is 10.6 Å². The molecule has 7 nitrogen and oxygen atoms in total. The van der Waals surface area contributed by atoms with Gasteiger partial charge in [-0.15, -0.1) is 0 Å². The fourth-order valence-electron chi connectivity index (χ4n) is 3.36. The second kappa shape index (κ2) is 9.75. The molecule has 4 aromatic rings. The highest BCUT2D eigenvalue weighted by molar-refractivity contribution is 6.07. The predicted molar refractivity (Wildman–Crippen MR) is 118 cm³/mol. The number of amides is 2. The van der Waals surface area contributed by atoms with Crippen molar-refractivity contribution in [3.05, 3.63) is 89.1 Å². The first kappa shape index (κ1) is 23.6. The third-order valence-electron chi connectivity index (χ3n) is 5.05. The van der Waals surface area contributed by atoms with E-state index in [1.807, 2.05) is 0 Å². The molecule has 0 aliphatic carbocycles. The van der Waals surface area contributed by atoms with Crippen molar-refractivity contribution in [2.24, 2.45) is 0 Å². The molecule has 2 amide bonds. The first-order valence-electron chi connectivity index (χ1n) is 10.2. The number of carbonyl (C=O) groups excluding carboxylic acids is 2. The SMILES string of the molecule is O=C(NCCNC(=O)c1cc(-c2ccccn2)nc2ccccc12)c1c(F)c(F)c(O)c(F)c1F. The van der Waals surface area contributed by atoms with Crippen molar-refractivity contribution in [3.8, 4) is 17.1 Å². The maximum absolute atomic E-state index is 13.9. The van der Waals surface area contributed by atoms with Gasteiger partial charge in [0.05, 0.1) is 22.5 Å². The van der Waals surface area contributed by atoms with Crippen molar-refractivity contribution in [3.63, 3.8) is 0 Å². The lowest BCUT2D eigenvalue weighted by molar-refractivity contribution is 0.0921. The Morgan fingerprint density at radius 1 is 0.800 bits per heavy atom. The number of carbonyl (C=O) groups is 2. The van der Waals surface area contributed by atoms with Gasteiger partial charge >= 0.3 is 0 Å². The summed E-state index contributed by atoms with van der Waals surface area (Å²) in [6, 6.07) is 13.8. The Morgan fingerprint density at radius 3 is 2.09 bits per heavy atom. The summed E-state index contributed by atoms with van der Waals surface area (Å²) in [4.78, 5) is 33.7. The Hall–Kier alpha value is -4.54. The zero-order valence-electron chi connectivity index (χ0n) is 17.8. The molecule has 0 saturated carbocycles. The van der Waals surface area contributed by atoms with E-state index in [2.05, 4.69) is 20.6 Å². The summed E-state index contributed by atoms with van der Waals surface area (Å²) >= 11 is 0. The van der Waals surface area contributed by atoms with Crippen molar-refractivity contribution < 1.29 is 32.3 Å². The Bertz CT molecular complexity index is 1420. The molecule has 0 unspecified atom stereocenters. The number of para-hydroxylation sites is 1. The Labute approximate surface area is 195 Å². The first-order valence-corrected chi connectivity index (χ1v) is 10.2.